The fraction of sp³-hybridized carbons (Fsp3) is 0.533. The molecule has 4 N–H and O–H groups in total. The molecule has 1 aliphatic carbocycles. The van der Waals surface area contributed by atoms with Gasteiger partial charge in [0.15, 0.2) is 0 Å². The minimum atomic E-state index is -0.0739. The predicted octanol–water partition coefficient (Wildman–Crippen LogP) is 2.62. The van der Waals surface area contributed by atoms with E-state index >= 15 is 0 Å². The third kappa shape index (κ3) is 3.63. The lowest BCUT2D eigenvalue weighted by Crippen LogP contribution is -2.22. The molecule has 1 amide bonds. The second-order valence-corrected chi connectivity index (χ2v) is 5.17. The van der Waals surface area contributed by atoms with E-state index in [9.17, 15) is 4.79 Å². The van der Waals surface area contributed by atoms with Crippen molar-refractivity contribution in [1.82, 2.24) is 5.32 Å². The third-order valence-corrected chi connectivity index (χ3v) is 3.74. The van der Waals surface area contributed by atoms with Crippen molar-refractivity contribution in [3.05, 3.63) is 23.8 Å². The molecule has 4 nitrogen and oxygen atoms in total. The molecule has 0 saturated heterocycles. The first-order valence-electron chi connectivity index (χ1n) is 7.12. The number of rotatable bonds is 6. The first-order chi connectivity index (χ1) is 9.20. The quantitative estimate of drug-likeness (QED) is 0.690. The fourth-order valence-corrected chi connectivity index (χ4v) is 2.32. The Hall–Kier alpha value is -1.71. The molecule has 1 saturated carbocycles. The van der Waals surface area contributed by atoms with Crippen molar-refractivity contribution in [2.75, 3.05) is 24.1 Å². The average molecular weight is 261 g/mol. The highest BCUT2D eigenvalue weighted by atomic mass is 16.1. The average Bonchev–Trinajstić information content (AvgIpc) is 2.34. The number of benzene rings is 1. The molecule has 0 heterocycles. The van der Waals surface area contributed by atoms with E-state index in [2.05, 4.69) is 10.6 Å². The van der Waals surface area contributed by atoms with Crippen molar-refractivity contribution < 1.29 is 4.79 Å². The standard InChI is InChI=1S/C15H23N3O/c1-2-17-15(19)12-6-7-14(13(16)10-12)18-9-8-11-4-3-5-11/h6-7,10-11,18H,2-5,8-9,16H2,1H3,(H,17,19). The molecule has 1 aromatic rings. The number of anilines is 2. The summed E-state index contributed by atoms with van der Waals surface area (Å²) in [6.07, 6.45) is 5.33. The summed E-state index contributed by atoms with van der Waals surface area (Å²) in [7, 11) is 0. The molecule has 0 unspecified atom stereocenters. The largest absolute Gasteiger partial charge is 0.397 e. The van der Waals surface area contributed by atoms with Gasteiger partial charge in [0.1, 0.15) is 0 Å². The monoisotopic (exact) mass is 261 g/mol. The molecule has 0 atom stereocenters. The van der Waals surface area contributed by atoms with Crippen LogP contribution in [0.4, 0.5) is 11.4 Å². The SMILES string of the molecule is CCNC(=O)c1ccc(NCCC2CCC2)c(N)c1. The Bertz CT molecular complexity index is 441. The number of hydrogen-bond acceptors (Lipinski definition) is 3. The van der Waals surface area contributed by atoms with Crippen molar-refractivity contribution in [1.29, 1.82) is 0 Å². The first-order valence-corrected chi connectivity index (χ1v) is 7.12. The normalized spacial score (nSPS) is 14.8. The highest BCUT2D eigenvalue weighted by Crippen LogP contribution is 2.29. The van der Waals surface area contributed by atoms with Gasteiger partial charge in [-0.15, -0.1) is 0 Å². The number of nitrogens with two attached hydrogens (primary N) is 1. The Balaban J connectivity index is 1.88. The molecule has 0 radical (unpaired) electrons. The molecule has 4 heteroatoms. The Kier molecular flexibility index (Phi) is 4.66. The van der Waals surface area contributed by atoms with Crippen LogP contribution in [0, 0.1) is 5.92 Å². The lowest BCUT2D eigenvalue weighted by atomic mass is 9.83. The lowest BCUT2D eigenvalue weighted by molar-refractivity contribution is 0.0956. The van der Waals surface area contributed by atoms with Crippen LogP contribution in [0.3, 0.4) is 0 Å². The van der Waals surface area contributed by atoms with Crippen LogP contribution in [0.25, 0.3) is 0 Å². The van der Waals surface area contributed by atoms with Gasteiger partial charge in [0.05, 0.1) is 11.4 Å². The first kappa shape index (κ1) is 13.7. The van der Waals surface area contributed by atoms with Crippen molar-refractivity contribution in [3.63, 3.8) is 0 Å². The maximum absolute atomic E-state index is 11.7. The van der Waals surface area contributed by atoms with Gasteiger partial charge in [0.2, 0.25) is 0 Å². The molecular formula is C15H23N3O. The van der Waals surface area contributed by atoms with Crippen LogP contribution in [0.15, 0.2) is 18.2 Å². The highest BCUT2D eigenvalue weighted by Gasteiger charge is 2.16. The molecular weight excluding hydrogens is 238 g/mol. The minimum Gasteiger partial charge on any atom is -0.397 e. The van der Waals surface area contributed by atoms with Crippen molar-refractivity contribution >= 4 is 17.3 Å². The van der Waals surface area contributed by atoms with Gasteiger partial charge in [-0.25, -0.2) is 0 Å². The smallest absolute Gasteiger partial charge is 0.251 e. The lowest BCUT2D eigenvalue weighted by Gasteiger charge is -2.25. The number of amides is 1. The van der Waals surface area contributed by atoms with E-state index in [1.165, 1.54) is 25.7 Å². The summed E-state index contributed by atoms with van der Waals surface area (Å²) in [5.74, 6) is 0.818. The Morgan fingerprint density at radius 2 is 2.21 bits per heavy atom. The Morgan fingerprint density at radius 3 is 2.79 bits per heavy atom. The topological polar surface area (TPSA) is 67.2 Å². The van der Waals surface area contributed by atoms with Gasteiger partial charge < -0.3 is 16.4 Å². The molecule has 0 spiro atoms. The zero-order valence-corrected chi connectivity index (χ0v) is 11.5. The molecule has 2 rings (SSSR count). The summed E-state index contributed by atoms with van der Waals surface area (Å²) >= 11 is 0. The molecule has 0 aromatic heterocycles. The van der Waals surface area contributed by atoms with E-state index in [0.29, 0.717) is 17.8 Å². The van der Waals surface area contributed by atoms with Crippen LogP contribution in [-0.2, 0) is 0 Å². The number of hydrogen-bond donors (Lipinski definition) is 3. The number of carbonyl (C=O) groups excluding carboxylic acids is 1. The van der Waals surface area contributed by atoms with Gasteiger partial charge in [-0.3, -0.25) is 4.79 Å². The van der Waals surface area contributed by atoms with Crippen LogP contribution in [0.1, 0.15) is 43.0 Å². The zero-order valence-electron chi connectivity index (χ0n) is 11.5. The third-order valence-electron chi connectivity index (χ3n) is 3.74. The minimum absolute atomic E-state index is 0.0739. The summed E-state index contributed by atoms with van der Waals surface area (Å²) in [6.45, 7) is 3.48. The van der Waals surface area contributed by atoms with Gasteiger partial charge in [0, 0.05) is 18.7 Å². The highest BCUT2D eigenvalue weighted by molar-refractivity contribution is 5.96. The molecule has 19 heavy (non-hydrogen) atoms. The summed E-state index contributed by atoms with van der Waals surface area (Å²) in [6, 6.07) is 5.43. The molecule has 104 valence electrons. The van der Waals surface area contributed by atoms with Crippen molar-refractivity contribution in [2.24, 2.45) is 5.92 Å². The number of nitrogen functional groups attached to an aromatic ring is 1. The van der Waals surface area contributed by atoms with Gasteiger partial charge in [-0.2, -0.15) is 0 Å². The van der Waals surface area contributed by atoms with E-state index in [1.807, 2.05) is 19.1 Å². The van der Waals surface area contributed by atoms with Gasteiger partial charge in [-0.1, -0.05) is 19.3 Å². The number of carbonyl (C=O) groups is 1. The summed E-state index contributed by atoms with van der Waals surface area (Å²) < 4.78 is 0. The predicted molar refractivity (Wildman–Crippen MR) is 79.3 cm³/mol. The van der Waals surface area contributed by atoms with Crippen LogP contribution in [0.5, 0.6) is 0 Å². The number of nitrogens with one attached hydrogen (secondary N) is 2. The zero-order chi connectivity index (χ0) is 13.7. The second-order valence-electron chi connectivity index (χ2n) is 5.17. The van der Waals surface area contributed by atoms with E-state index in [-0.39, 0.29) is 5.91 Å². The molecule has 1 aliphatic rings. The second kappa shape index (κ2) is 6.45. The summed E-state index contributed by atoms with van der Waals surface area (Å²) in [4.78, 5) is 11.7. The van der Waals surface area contributed by atoms with E-state index in [1.54, 1.807) is 6.07 Å². The molecule has 0 bridgehead atoms. The molecule has 0 aliphatic heterocycles. The van der Waals surface area contributed by atoms with Gasteiger partial charge >= 0.3 is 0 Å². The van der Waals surface area contributed by atoms with Crippen LogP contribution in [0.2, 0.25) is 0 Å². The van der Waals surface area contributed by atoms with Gasteiger partial charge in [-0.05, 0) is 37.5 Å². The maximum atomic E-state index is 11.7. The molecule has 1 aromatic carbocycles. The maximum Gasteiger partial charge on any atom is 0.251 e. The van der Waals surface area contributed by atoms with Crippen LogP contribution in [-0.4, -0.2) is 19.0 Å². The van der Waals surface area contributed by atoms with E-state index < -0.39 is 0 Å². The van der Waals surface area contributed by atoms with Crippen LogP contribution < -0.4 is 16.4 Å². The van der Waals surface area contributed by atoms with Crippen molar-refractivity contribution in [3.8, 4) is 0 Å². The van der Waals surface area contributed by atoms with Crippen LogP contribution >= 0.6 is 0 Å². The Labute approximate surface area is 114 Å². The summed E-state index contributed by atoms with van der Waals surface area (Å²) in [5.41, 5.74) is 8.15. The fourth-order valence-electron chi connectivity index (χ4n) is 2.32. The Morgan fingerprint density at radius 1 is 1.42 bits per heavy atom. The van der Waals surface area contributed by atoms with Crippen molar-refractivity contribution in [2.45, 2.75) is 32.6 Å². The van der Waals surface area contributed by atoms with E-state index in [4.69, 9.17) is 5.73 Å². The van der Waals surface area contributed by atoms with Gasteiger partial charge in [0.25, 0.3) is 5.91 Å². The molecule has 1 fully saturated rings. The summed E-state index contributed by atoms with van der Waals surface area (Å²) in [5, 5.41) is 6.12. The van der Waals surface area contributed by atoms with E-state index in [0.717, 1.165) is 18.2 Å².